The highest BCUT2D eigenvalue weighted by Gasteiger charge is 2.21. The monoisotopic (exact) mass is 265 g/mol. The second-order valence-corrected chi connectivity index (χ2v) is 4.46. The maximum absolute atomic E-state index is 12.2. The first-order valence-corrected chi connectivity index (χ1v) is 6.29. The van der Waals surface area contributed by atoms with E-state index in [1.807, 2.05) is 6.92 Å². The highest BCUT2D eigenvalue weighted by Crippen LogP contribution is 2.10. The van der Waals surface area contributed by atoms with E-state index in [0.717, 1.165) is 6.42 Å². The van der Waals surface area contributed by atoms with Gasteiger partial charge in [-0.1, -0.05) is 6.92 Å². The van der Waals surface area contributed by atoms with Gasteiger partial charge in [0.1, 0.15) is 6.04 Å². The van der Waals surface area contributed by atoms with E-state index in [4.69, 9.17) is 4.74 Å². The number of nitrogens with zero attached hydrogens (tertiary/aromatic N) is 1. The Morgan fingerprint density at radius 3 is 2.53 bits per heavy atom. The second kappa shape index (κ2) is 6.31. The summed E-state index contributed by atoms with van der Waals surface area (Å²) in [5.41, 5.74) is 0.255. The Labute approximate surface area is 112 Å². The van der Waals surface area contributed by atoms with E-state index in [9.17, 15) is 14.4 Å². The van der Waals surface area contributed by atoms with Gasteiger partial charge in [0, 0.05) is 5.69 Å². The molecule has 0 spiro atoms. The molecule has 1 unspecified atom stereocenters. The van der Waals surface area contributed by atoms with Gasteiger partial charge in [0.05, 0.1) is 12.2 Å². The number of Topliss-reactive ketones (excluding diaryl/α,β-unsaturated/α-hetero) is 1. The number of pyridine rings is 1. The second-order valence-electron chi connectivity index (χ2n) is 4.46. The Morgan fingerprint density at radius 1 is 1.37 bits per heavy atom. The SMILES string of the molecule is CCCOC(=O)C(C)n1c(C)ccc(C(C)=O)c1=O. The van der Waals surface area contributed by atoms with Gasteiger partial charge < -0.3 is 4.74 Å². The lowest BCUT2D eigenvalue weighted by Crippen LogP contribution is -2.33. The summed E-state index contributed by atoms with van der Waals surface area (Å²) in [7, 11) is 0. The maximum atomic E-state index is 12.2. The molecule has 0 bridgehead atoms. The number of rotatable bonds is 5. The van der Waals surface area contributed by atoms with Gasteiger partial charge in [-0.3, -0.25) is 14.2 Å². The lowest BCUT2D eigenvalue weighted by Gasteiger charge is -2.17. The minimum absolute atomic E-state index is 0.0840. The fraction of sp³-hybridized carbons (Fsp3) is 0.500. The Kier molecular flexibility index (Phi) is 5.03. The van der Waals surface area contributed by atoms with E-state index in [1.54, 1.807) is 19.9 Å². The lowest BCUT2D eigenvalue weighted by molar-refractivity contribution is -0.147. The van der Waals surface area contributed by atoms with Crippen LogP contribution in [0.1, 0.15) is 49.3 Å². The Balaban J connectivity index is 3.19. The molecular weight excluding hydrogens is 246 g/mol. The molecule has 0 saturated carbocycles. The molecule has 5 heteroatoms. The van der Waals surface area contributed by atoms with E-state index in [0.29, 0.717) is 12.3 Å². The summed E-state index contributed by atoms with van der Waals surface area (Å²) in [6.07, 6.45) is 0.722. The van der Waals surface area contributed by atoms with Gasteiger partial charge in [0.25, 0.3) is 5.56 Å². The fourth-order valence-corrected chi connectivity index (χ4v) is 1.82. The Bertz CT molecular complexity index is 545. The molecule has 0 amide bonds. The quantitative estimate of drug-likeness (QED) is 0.602. The molecule has 1 atom stereocenters. The van der Waals surface area contributed by atoms with Gasteiger partial charge >= 0.3 is 5.97 Å². The van der Waals surface area contributed by atoms with Crippen LogP contribution in [-0.4, -0.2) is 22.9 Å². The van der Waals surface area contributed by atoms with Crippen molar-refractivity contribution in [2.75, 3.05) is 6.61 Å². The molecule has 0 aromatic carbocycles. The van der Waals surface area contributed by atoms with Crippen LogP contribution in [-0.2, 0) is 9.53 Å². The third-order valence-corrected chi connectivity index (χ3v) is 2.88. The molecular formula is C14H19NO4. The number of ketones is 1. The molecule has 0 aliphatic heterocycles. The van der Waals surface area contributed by atoms with Crippen molar-refractivity contribution in [1.29, 1.82) is 0 Å². The van der Waals surface area contributed by atoms with Crippen LogP contribution in [0.5, 0.6) is 0 Å². The molecule has 0 saturated heterocycles. The zero-order chi connectivity index (χ0) is 14.6. The first-order chi connectivity index (χ1) is 8.90. The number of hydrogen-bond acceptors (Lipinski definition) is 4. The van der Waals surface area contributed by atoms with E-state index < -0.39 is 17.6 Å². The normalized spacial score (nSPS) is 12.0. The molecule has 104 valence electrons. The van der Waals surface area contributed by atoms with Gasteiger partial charge in [-0.05, 0) is 39.3 Å². The summed E-state index contributed by atoms with van der Waals surface area (Å²) < 4.78 is 6.33. The van der Waals surface area contributed by atoms with Gasteiger partial charge in [-0.15, -0.1) is 0 Å². The summed E-state index contributed by atoms with van der Waals surface area (Å²) in [5.74, 6) is -0.777. The van der Waals surface area contributed by atoms with Gasteiger partial charge in [-0.2, -0.15) is 0 Å². The Hall–Kier alpha value is -1.91. The van der Waals surface area contributed by atoms with Crippen molar-refractivity contribution in [1.82, 2.24) is 4.57 Å². The summed E-state index contributed by atoms with van der Waals surface area (Å²) in [4.78, 5) is 35.4. The third kappa shape index (κ3) is 3.30. The van der Waals surface area contributed by atoms with Crippen molar-refractivity contribution in [2.24, 2.45) is 0 Å². The van der Waals surface area contributed by atoms with Crippen molar-refractivity contribution in [3.8, 4) is 0 Å². The first-order valence-electron chi connectivity index (χ1n) is 6.29. The predicted molar refractivity (Wildman–Crippen MR) is 71.4 cm³/mol. The molecule has 0 aliphatic carbocycles. The average molecular weight is 265 g/mol. The standard InChI is InChI=1S/C14H19NO4/c1-5-8-19-14(18)10(3)15-9(2)6-7-12(11(4)16)13(15)17/h6-7,10H,5,8H2,1-4H3. The zero-order valence-electron chi connectivity index (χ0n) is 11.7. The highest BCUT2D eigenvalue weighted by atomic mass is 16.5. The maximum Gasteiger partial charge on any atom is 0.328 e. The van der Waals surface area contributed by atoms with Crippen molar-refractivity contribution in [2.45, 2.75) is 40.2 Å². The van der Waals surface area contributed by atoms with Crippen LogP contribution in [0.25, 0.3) is 0 Å². The van der Waals surface area contributed by atoms with Crippen molar-refractivity contribution < 1.29 is 14.3 Å². The van der Waals surface area contributed by atoms with Crippen molar-refractivity contribution in [3.05, 3.63) is 33.7 Å². The topological polar surface area (TPSA) is 65.4 Å². The molecule has 1 aromatic heterocycles. The molecule has 0 aliphatic rings. The molecule has 0 N–H and O–H groups in total. The summed E-state index contributed by atoms with van der Waals surface area (Å²) in [5, 5.41) is 0. The van der Waals surface area contributed by atoms with Crippen LogP contribution in [0.4, 0.5) is 0 Å². The third-order valence-electron chi connectivity index (χ3n) is 2.88. The van der Waals surface area contributed by atoms with E-state index in [-0.39, 0.29) is 11.3 Å². The smallest absolute Gasteiger partial charge is 0.328 e. The Morgan fingerprint density at radius 2 is 2.00 bits per heavy atom. The molecule has 1 aromatic rings. The summed E-state index contributed by atoms with van der Waals surface area (Å²) >= 11 is 0. The number of hydrogen-bond donors (Lipinski definition) is 0. The minimum Gasteiger partial charge on any atom is -0.464 e. The zero-order valence-corrected chi connectivity index (χ0v) is 11.7. The van der Waals surface area contributed by atoms with E-state index >= 15 is 0 Å². The number of aryl methyl sites for hydroxylation is 1. The molecule has 1 heterocycles. The number of carbonyl (C=O) groups is 2. The van der Waals surface area contributed by atoms with Crippen molar-refractivity contribution >= 4 is 11.8 Å². The number of aromatic nitrogens is 1. The largest absolute Gasteiger partial charge is 0.464 e. The van der Waals surface area contributed by atoms with E-state index in [1.165, 1.54) is 17.6 Å². The van der Waals surface area contributed by atoms with Gasteiger partial charge in [0.15, 0.2) is 5.78 Å². The minimum atomic E-state index is -0.738. The average Bonchev–Trinajstić information content (AvgIpc) is 2.35. The number of ether oxygens (including phenoxy) is 1. The molecule has 1 rings (SSSR count). The van der Waals surface area contributed by atoms with Crippen LogP contribution in [0, 0.1) is 6.92 Å². The summed E-state index contributed by atoms with van der Waals surface area (Å²) in [6.45, 7) is 6.86. The van der Waals surface area contributed by atoms with Gasteiger partial charge in [0.2, 0.25) is 0 Å². The predicted octanol–water partition coefficient (Wildman–Crippen LogP) is 1.87. The van der Waals surface area contributed by atoms with Crippen LogP contribution < -0.4 is 5.56 Å². The van der Waals surface area contributed by atoms with Crippen molar-refractivity contribution in [3.63, 3.8) is 0 Å². The first kappa shape index (κ1) is 15.1. The van der Waals surface area contributed by atoms with Crippen LogP contribution in [0.3, 0.4) is 0 Å². The fourth-order valence-electron chi connectivity index (χ4n) is 1.82. The van der Waals surface area contributed by atoms with Crippen LogP contribution in [0.15, 0.2) is 16.9 Å². The number of carbonyl (C=O) groups excluding carboxylic acids is 2. The molecule has 19 heavy (non-hydrogen) atoms. The molecule has 0 fully saturated rings. The number of esters is 1. The van der Waals surface area contributed by atoms with Gasteiger partial charge in [-0.25, -0.2) is 4.79 Å². The highest BCUT2D eigenvalue weighted by molar-refractivity contribution is 5.93. The lowest BCUT2D eigenvalue weighted by atomic mass is 10.1. The summed E-state index contributed by atoms with van der Waals surface area (Å²) in [6, 6.07) is 2.40. The van der Waals surface area contributed by atoms with Crippen LogP contribution >= 0.6 is 0 Å². The van der Waals surface area contributed by atoms with E-state index in [2.05, 4.69) is 0 Å². The molecule has 5 nitrogen and oxygen atoms in total. The van der Waals surface area contributed by atoms with Crippen LogP contribution in [0.2, 0.25) is 0 Å². The molecule has 0 radical (unpaired) electrons.